The van der Waals surface area contributed by atoms with E-state index in [1.54, 1.807) is 0 Å². The fourth-order valence-corrected chi connectivity index (χ4v) is 1.64. The Morgan fingerprint density at radius 2 is 2.23 bits per heavy atom. The standard InChI is InChI=1S/C10H20N2O/c1-4-5-9(11)12-6-7-13-10(2,3)8-12/h11H,4-8H2,1-3H3. The van der Waals surface area contributed by atoms with Crippen LogP contribution < -0.4 is 0 Å². The molecule has 0 saturated carbocycles. The summed E-state index contributed by atoms with van der Waals surface area (Å²) in [5, 5.41) is 7.83. The first-order valence-corrected chi connectivity index (χ1v) is 5.01. The average molecular weight is 184 g/mol. The lowest BCUT2D eigenvalue weighted by Crippen LogP contribution is -2.50. The van der Waals surface area contributed by atoms with Crippen LogP contribution in [-0.4, -0.2) is 36.0 Å². The summed E-state index contributed by atoms with van der Waals surface area (Å²) in [6, 6.07) is 0. The Hall–Kier alpha value is -0.570. The molecule has 76 valence electrons. The van der Waals surface area contributed by atoms with E-state index in [2.05, 4.69) is 25.7 Å². The van der Waals surface area contributed by atoms with Gasteiger partial charge in [0.1, 0.15) is 0 Å². The highest BCUT2D eigenvalue weighted by Crippen LogP contribution is 2.17. The summed E-state index contributed by atoms with van der Waals surface area (Å²) in [6.45, 7) is 8.75. The van der Waals surface area contributed by atoms with Gasteiger partial charge >= 0.3 is 0 Å². The van der Waals surface area contributed by atoms with Crippen molar-refractivity contribution < 1.29 is 4.74 Å². The van der Waals surface area contributed by atoms with Gasteiger partial charge in [0.05, 0.1) is 18.0 Å². The van der Waals surface area contributed by atoms with Gasteiger partial charge in [-0.2, -0.15) is 0 Å². The van der Waals surface area contributed by atoms with E-state index in [1.165, 1.54) is 0 Å². The maximum absolute atomic E-state index is 7.83. The number of rotatable bonds is 2. The minimum atomic E-state index is -0.0850. The Morgan fingerprint density at radius 3 is 2.77 bits per heavy atom. The second-order valence-electron chi connectivity index (χ2n) is 4.23. The summed E-state index contributed by atoms with van der Waals surface area (Å²) < 4.78 is 5.59. The summed E-state index contributed by atoms with van der Waals surface area (Å²) in [6.07, 6.45) is 1.94. The van der Waals surface area contributed by atoms with E-state index in [0.717, 1.165) is 38.4 Å². The molecule has 13 heavy (non-hydrogen) atoms. The monoisotopic (exact) mass is 184 g/mol. The molecule has 0 aromatic carbocycles. The van der Waals surface area contributed by atoms with E-state index < -0.39 is 0 Å². The van der Waals surface area contributed by atoms with Crippen molar-refractivity contribution in [1.29, 1.82) is 5.41 Å². The Bertz CT molecular complexity index is 189. The third kappa shape index (κ3) is 2.99. The van der Waals surface area contributed by atoms with Crippen LogP contribution in [-0.2, 0) is 4.74 Å². The molecule has 1 N–H and O–H groups in total. The first kappa shape index (κ1) is 10.5. The minimum absolute atomic E-state index is 0.0850. The number of nitrogens with one attached hydrogen (secondary N) is 1. The van der Waals surface area contributed by atoms with Gasteiger partial charge in [0.25, 0.3) is 0 Å². The Labute approximate surface area is 80.6 Å². The van der Waals surface area contributed by atoms with Crippen LogP contribution >= 0.6 is 0 Å². The lowest BCUT2D eigenvalue weighted by atomic mass is 10.1. The van der Waals surface area contributed by atoms with Crippen LogP contribution in [0.3, 0.4) is 0 Å². The number of ether oxygens (including phenoxy) is 1. The summed E-state index contributed by atoms with van der Waals surface area (Å²) >= 11 is 0. The first-order valence-electron chi connectivity index (χ1n) is 5.01. The van der Waals surface area contributed by atoms with Crippen molar-refractivity contribution in [2.45, 2.75) is 39.2 Å². The van der Waals surface area contributed by atoms with Gasteiger partial charge in [-0.25, -0.2) is 0 Å². The lowest BCUT2D eigenvalue weighted by Gasteiger charge is -2.39. The molecule has 0 amide bonds. The van der Waals surface area contributed by atoms with E-state index in [0.29, 0.717) is 0 Å². The van der Waals surface area contributed by atoms with Crippen molar-refractivity contribution in [1.82, 2.24) is 4.90 Å². The molecule has 0 bridgehead atoms. The Balaban J connectivity index is 2.47. The van der Waals surface area contributed by atoms with E-state index in [4.69, 9.17) is 10.1 Å². The normalized spacial score (nSPS) is 21.6. The number of hydrogen-bond donors (Lipinski definition) is 1. The molecule has 0 spiro atoms. The fraction of sp³-hybridized carbons (Fsp3) is 0.900. The molecule has 1 heterocycles. The van der Waals surface area contributed by atoms with E-state index in [-0.39, 0.29) is 5.60 Å². The zero-order chi connectivity index (χ0) is 9.90. The molecular formula is C10H20N2O. The number of amidine groups is 1. The molecule has 1 rings (SSSR count). The van der Waals surface area contributed by atoms with Crippen LogP contribution in [0, 0.1) is 5.41 Å². The fourth-order valence-electron chi connectivity index (χ4n) is 1.64. The predicted octanol–water partition coefficient (Wildman–Crippen LogP) is 1.87. The molecular weight excluding hydrogens is 164 g/mol. The van der Waals surface area contributed by atoms with Crippen molar-refractivity contribution in [3.63, 3.8) is 0 Å². The van der Waals surface area contributed by atoms with Crippen molar-refractivity contribution in [2.75, 3.05) is 19.7 Å². The van der Waals surface area contributed by atoms with Gasteiger partial charge in [-0.3, -0.25) is 5.41 Å². The predicted molar refractivity (Wildman–Crippen MR) is 54.2 cm³/mol. The van der Waals surface area contributed by atoms with Gasteiger partial charge in [0, 0.05) is 19.5 Å². The van der Waals surface area contributed by atoms with Crippen LogP contribution in [0.15, 0.2) is 0 Å². The van der Waals surface area contributed by atoms with E-state index >= 15 is 0 Å². The van der Waals surface area contributed by atoms with Crippen LogP contribution in [0.5, 0.6) is 0 Å². The largest absolute Gasteiger partial charge is 0.372 e. The zero-order valence-electron chi connectivity index (χ0n) is 8.89. The van der Waals surface area contributed by atoms with Gasteiger partial charge in [-0.1, -0.05) is 6.92 Å². The van der Waals surface area contributed by atoms with Gasteiger partial charge in [0.2, 0.25) is 0 Å². The van der Waals surface area contributed by atoms with Gasteiger partial charge in [-0.05, 0) is 20.3 Å². The first-order chi connectivity index (χ1) is 6.05. The van der Waals surface area contributed by atoms with Gasteiger partial charge in [-0.15, -0.1) is 0 Å². The smallest absolute Gasteiger partial charge is 0.0959 e. The number of morpholine rings is 1. The molecule has 0 atom stereocenters. The van der Waals surface area contributed by atoms with Crippen molar-refractivity contribution in [2.24, 2.45) is 0 Å². The van der Waals surface area contributed by atoms with Crippen LogP contribution in [0.2, 0.25) is 0 Å². The van der Waals surface area contributed by atoms with Gasteiger partial charge < -0.3 is 9.64 Å². The third-order valence-electron chi connectivity index (χ3n) is 2.29. The molecule has 0 aromatic rings. The second kappa shape index (κ2) is 4.09. The van der Waals surface area contributed by atoms with E-state index in [9.17, 15) is 0 Å². The number of hydrogen-bond acceptors (Lipinski definition) is 2. The molecule has 0 radical (unpaired) electrons. The zero-order valence-corrected chi connectivity index (χ0v) is 8.89. The molecule has 1 aliphatic rings. The summed E-state index contributed by atoms with van der Waals surface area (Å²) in [5.74, 6) is 0.763. The second-order valence-corrected chi connectivity index (χ2v) is 4.23. The molecule has 0 aromatic heterocycles. The lowest BCUT2D eigenvalue weighted by molar-refractivity contribution is -0.0683. The van der Waals surface area contributed by atoms with Crippen LogP contribution in [0.1, 0.15) is 33.6 Å². The summed E-state index contributed by atoms with van der Waals surface area (Å²) in [4.78, 5) is 2.13. The minimum Gasteiger partial charge on any atom is -0.372 e. The van der Waals surface area contributed by atoms with Crippen LogP contribution in [0.4, 0.5) is 0 Å². The Morgan fingerprint density at radius 1 is 1.54 bits per heavy atom. The Kier molecular flexibility index (Phi) is 3.31. The average Bonchev–Trinajstić information content (AvgIpc) is 2.03. The van der Waals surface area contributed by atoms with Gasteiger partial charge in [0.15, 0.2) is 0 Å². The maximum atomic E-state index is 7.83. The summed E-state index contributed by atoms with van der Waals surface area (Å²) in [7, 11) is 0. The van der Waals surface area contributed by atoms with E-state index in [1.807, 2.05) is 0 Å². The third-order valence-corrected chi connectivity index (χ3v) is 2.29. The highest BCUT2D eigenvalue weighted by Gasteiger charge is 2.27. The SMILES string of the molecule is CCCC(=N)N1CCOC(C)(C)C1. The highest BCUT2D eigenvalue weighted by molar-refractivity contribution is 5.79. The molecule has 0 unspecified atom stereocenters. The highest BCUT2D eigenvalue weighted by atomic mass is 16.5. The molecule has 1 saturated heterocycles. The van der Waals surface area contributed by atoms with Crippen molar-refractivity contribution in [3.8, 4) is 0 Å². The molecule has 0 aliphatic carbocycles. The van der Waals surface area contributed by atoms with Crippen molar-refractivity contribution >= 4 is 5.84 Å². The topological polar surface area (TPSA) is 36.3 Å². The molecule has 1 fully saturated rings. The van der Waals surface area contributed by atoms with Crippen LogP contribution in [0.25, 0.3) is 0 Å². The molecule has 3 heteroatoms. The molecule has 3 nitrogen and oxygen atoms in total. The van der Waals surface area contributed by atoms with Crippen molar-refractivity contribution in [3.05, 3.63) is 0 Å². The number of nitrogens with zero attached hydrogens (tertiary/aromatic N) is 1. The molecule has 1 aliphatic heterocycles. The maximum Gasteiger partial charge on any atom is 0.0959 e. The summed E-state index contributed by atoms with van der Waals surface area (Å²) in [5.41, 5.74) is -0.0850. The quantitative estimate of drug-likeness (QED) is 0.525.